The van der Waals surface area contributed by atoms with Crippen LogP contribution in [0.5, 0.6) is 0 Å². The number of amides is 1. The minimum atomic E-state index is -0.0370. The van der Waals surface area contributed by atoms with Crippen molar-refractivity contribution in [1.82, 2.24) is 15.3 Å². The van der Waals surface area contributed by atoms with E-state index < -0.39 is 0 Å². The zero-order valence-electron chi connectivity index (χ0n) is 9.20. The third-order valence-electron chi connectivity index (χ3n) is 2.11. The number of anilines is 2. The topological polar surface area (TPSA) is 84.1 Å². The summed E-state index contributed by atoms with van der Waals surface area (Å²) in [6.07, 6.45) is 1.71. The normalized spacial score (nSPS) is 9.94. The number of carbonyl (C=O) groups is 1. The van der Waals surface area contributed by atoms with Crippen molar-refractivity contribution in [2.75, 3.05) is 31.3 Å². The van der Waals surface area contributed by atoms with Crippen molar-refractivity contribution in [2.24, 2.45) is 0 Å². The Balaban J connectivity index is 2.69. The molecule has 0 aliphatic carbocycles. The lowest BCUT2D eigenvalue weighted by atomic mass is 10.3. The van der Waals surface area contributed by atoms with Crippen molar-refractivity contribution < 1.29 is 4.79 Å². The fraction of sp³-hybridized carbons (Fsp3) is 0.444. The van der Waals surface area contributed by atoms with E-state index in [0.717, 1.165) is 0 Å². The summed E-state index contributed by atoms with van der Waals surface area (Å²) >= 11 is 5.95. The van der Waals surface area contributed by atoms with Crippen LogP contribution in [-0.2, 0) is 4.79 Å². The summed E-state index contributed by atoms with van der Waals surface area (Å²) in [4.78, 5) is 20.6. The van der Waals surface area contributed by atoms with Crippen LogP contribution in [0.25, 0.3) is 0 Å². The second kappa shape index (κ2) is 5.50. The van der Waals surface area contributed by atoms with E-state index in [0.29, 0.717) is 23.8 Å². The molecule has 1 aromatic rings. The first-order valence-corrected chi connectivity index (χ1v) is 5.11. The molecule has 0 saturated carbocycles. The lowest BCUT2D eigenvalue weighted by molar-refractivity contribution is -0.120. The highest BCUT2D eigenvalue weighted by Crippen LogP contribution is 2.25. The molecule has 0 aromatic carbocycles. The van der Waals surface area contributed by atoms with Gasteiger partial charge in [0.1, 0.15) is 17.2 Å². The maximum Gasteiger partial charge on any atom is 0.221 e. The van der Waals surface area contributed by atoms with Crippen LogP contribution in [0, 0.1) is 0 Å². The van der Waals surface area contributed by atoms with Gasteiger partial charge in [0.15, 0.2) is 5.82 Å². The van der Waals surface area contributed by atoms with Crippen LogP contribution in [0.1, 0.15) is 6.42 Å². The van der Waals surface area contributed by atoms with Gasteiger partial charge in [0.25, 0.3) is 0 Å². The van der Waals surface area contributed by atoms with Crippen molar-refractivity contribution >= 4 is 29.1 Å². The van der Waals surface area contributed by atoms with Crippen LogP contribution < -0.4 is 16.0 Å². The van der Waals surface area contributed by atoms with Crippen molar-refractivity contribution in [3.8, 4) is 0 Å². The minimum Gasteiger partial charge on any atom is -0.382 e. The van der Waals surface area contributed by atoms with E-state index in [9.17, 15) is 4.79 Å². The Morgan fingerprint density at radius 3 is 2.94 bits per heavy atom. The Morgan fingerprint density at radius 2 is 2.31 bits per heavy atom. The van der Waals surface area contributed by atoms with Crippen molar-refractivity contribution in [3.63, 3.8) is 0 Å². The average Bonchev–Trinajstić information content (AvgIpc) is 2.29. The van der Waals surface area contributed by atoms with Gasteiger partial charge in [-0.2, -0.15) is 0 Å². The van der Waals surface area contributed by atoms with E-state index >= 15 is 0 Å². The molecule has 6 nitrogen and oxygen atoms in total. The lowest BCUT2D eigenvalue weighted by Gasteiger charge is -2.18. The van der Waals surface area contributed by atoms with Crippen LogP contribution in [0.4, 0.5) is 11.6 Å². The summed E-state index contributed by atoms with van der Waals surface area (Å²) in [5.41, 5.74) is 5.55. The van der Waals surface area contributed by atoms with E-state index in [2.05, 4.69) is 15.3 Å². The smallest absolute Gasteiger partial charge is 0.221 e. The highest BCUT2D eigenvalue weighted by molar-refractivity contribution is 6.35. The molecular formula is C9H14ClN5O. The van der Waals surface area contributed by atoms with Gasteiger partial charge in [-0.05, 0) is 0 Å². The fourth-order valence-electron chi connectivity index (χ4n) is 1.14. The minimum absolute atomic E-state index is 0.0370. The third kappa shape index (κ3) is 2.96. The predicted octanol–water partition coefficient (Wildman–Crippen LogP) is 0.285. The Morgan fingerprint density at radius 1 is 1.62 bits per heavy atom. The van der Waals surface area contributed by atoms with E-state index in [1.165, 1.54) is 6.33 Å². The number of nitrogens with one attached hydrogen (secondary N) is 1. The molecule has 0 atom stereocenters. The molecule has 1 aromatic heterocycles. The molecule has 0 aliphatic rings. The molecule has 1 amide bonds. The molecule has 0 radical (unpaired) electrons. The highest BCUT2D eigenvalue weighted by atomic mass is 35.5. The zero-order valence-corrected chi connectivity index (χ0v) is 9.95. The van der Waals surface area contributed by atoms with Crippen LogP contribution in [0.3, 0.4) is 0 Å². The average molecular weight is 244 g/mol. The molecule has 16 heavy (non-hydrogen) atoms. The summed E-state index contributed by atoms with van der Waals surface area (Å²) in [5.74, 6) is 0.724. The summed E-state index contributed by atoms with van der Waals surface area (Å²) in [6.45, 7) is 0.510. The summed E-state index contributed by atoms with van der Waals surface area (Å²) < 4.78 is 0. The second-order valence-corrected chi connectivity index (χ2v) is 3.62. The number of halogens is 1. The quantitative estimate of drug-likeness (QED) is 0.794. The standard InChI is InChI=1S/C9H14ClN5O/c1-12-6(16)3-4-15(2)9-7(10)8(11)13-5-14-9/h5H,3-4H2,1-2H3,(H,12,16)(H2,11,13,14). The maximum absolute atomic E-state index is 11.1. The molecule has 0 aliphatic heterocycles. The van der Waals surface area contributed by atoms with Crippen molar-refractivity contribution in [3.05, 3.63) is 11.3 Å². The Kier molecular flexibility index (Phi) is 4.30. The predicted molar refractivity (Wildman–Crippen MR) is 63.4 cm³/mol. The van der Waals surface area contributed by atoms with Gasteiger partial charge in [-0.3, -0.25) is 4.79 Å². The van der Waals surface area contributed by atoms with Gasteiger partial charge in [-0.25, -0.2) is 9.97 Å². The van der Waals surface area contributed by atoms with Crippen molar-refractivity contribution in [1.29, 1.82) is 0 Å². The summed E-state index contributed by atoms with van der Waals surface area (Å²) in [6, 6.07) is 0. The van der Waals surface area contributed by atoms with Crippen LogP contribution in [0.15, 0.2) is 6.33 Å². The molecule has 0 spiro atoms. The molecule has 88 valence electrons. The molecule has 0 bridgehead atoms. The first-order chi connectivity index (χ1) is 7.56. The molecule has 1 heterocycles. The zero-order chi connectivity index (χ0) is 12.1. The molecule has 0 fully saturated rings. The number of nitrogens with two attached hydrogens (primary N) is 1. The number of carbonyl (C=O) groups excluding carboxylic acids is 1. The number of hydrogen-bond acceptors (Lipinski definition) is 5. The van der Waals surface area contributed by atoms with E-state index in [1.807, 2.05) is 0 Å². The van der Waals surface area contributed by atoms with E-state index in [1.54, 1.807) is 19.0 Å². The second-order valence-electron chi connectivity index (χ2n) is 3.24. The summed E-state index contributed by atoms with van der Waals surface area (Å²) in [7, 11) is 3.38. The van der Waals surface area contributed by atoms with E-state index in [4.69, 9.17) is 17.3 Å². The van der Waals surface area contributed by atoms with Gasteiger partial charge < -0.3 is 16.0 Å². The molecule has 0 saturated heterocycles. The van der Waals surface area contributed by atoms with Crippen LogP contribution in [-0.4, -0.2) is 36.5 Å². The van der Waals surface area contributed by atoms with Gasteiger partial charge in [0, 0.05) is 27.1 Å². The van der Waals surface area contributed by atoms with E-state index in [-0.39, 0.29) is 11.7 Å². The Hall–Kier alpha value is -1.56. The highest BCUT2D eigenvalue weighted by Gasteiger charge is 2.11. The number of hydrogen-bond donors (Lipinski definition) is 2. The lowest BCUT2D eigenvalue weighted by Crippen LogP contribution is -2.27. The number of rotatable bonds is 4. The largest absolute Gasteiger partial charge is 0.382 e. The molecule has 1 rings (SSSR count). The molecule has 7 heteroatoms. The number of nitrogen functional groups attached to an aromatic ring is 1. The van der Waals surface area contributed by atoms with Crippen LogP contribution >= 0.6 is 11.6 Å². The molecular weight excluding hydrogens is 230 g/mol. The van der Waals surface area contributed by atoms with Crippen LogP contribution in [0.2, 0.25) is 5.02 Å². The Bertz CT molecular complexity index is 384. The van der Waals surface area contributed by atoms with Gasteiger partial charge in [-0.15, -0.1) is 0 Å². The Labute approximate surface area is 98.8 Å². The van der Waals surface area contributed by atoms with Gasteiger partial charge in [0.2, 0.25) is 5.91 Å². The first-order valence-electron chi connectivity index (χ1n) is 4.74. The maximum atomic E-state index is 11.1. The third-order valence-corrected chi connectivity index (χ3v) is 2.48. The fourth-order valence-corrected chi connectivity index (χ4v) is 1.38. The monoisotopic (exact) mass is 243 g/mol. The summed E-state index contributed by atoms with van der Waals surface area (Å²) in [5, 5.41) is 2.85. The van der Waals surface area contributed by atoms with Gasteiger partial charge in [0.05, 0.1) is 0 Å². The van der Waals surface area contributed by atoms with Crippen molar-refractivity contribution in [2.45, 2.75) is 6.42 Å². The molecule has 0 unspecified atom stereocenters. The number of nitrogens with zero attached hydrogens (tertiary/aromatic N) is 3. The SMILES string of the molecule is CNC(=O)CCN(C)c1ncnc(N)c1Cl. The van der Waals surface area contributed by atoms with Gasteiger partial charge in [-0.1, -0.05) is 11.6 Å². The first kappa shape index (κ1) is 12.5. The molecule has 3 N–H and O–H groups in total. The number of aromatic nitrogens is 2. The van der Waals surface area contributed by atoms with Gasteiger partial charge >= 0.3 is 0 Å².